The molecule has 12 nitrogen and oxygen atoms in total. The lowest BCUT2D eigenvalue weighted by Gasteiger charge is -2.20. The Kier molecular flexibility index (Phi) is 10.1. The van der Waals surface area contributed by atoms with Crippen molar-refractivity contribution in [2.24, 2.45) is 0 Å². The second kappa shape index (κ2) is 13.6. The highest BCUT2D eigenvalue weighted by Gasteiger charge is 2.36. The minimum Gasteiger partial charge on any atom is -0.443 e. The number of hydrogen-bond acceptors (Lipinski definition) is 8. The van der Waals surface area contributed by atoms with E-state index in [1.807, 2.05) is 11.6 Å². The zero-order valence-corrected chi connectivity index (χ0v) is 27.0. The number of alkyl halides is 3. The molecule has 3 aromatic carbocycles. The van der Waals surface area contributed by atoms with Crippen LogP contribution in [0.5, 0.6) is 0 Å². The van der Waals surface area contributed by atoms with Crippen molar-refractivity contribution < 1.29 is 40.4 Å². The van der Waals surface area contributed by atoms with E-state index in [0.29, 0.717) is 35.7 Å². The molecule has 0 aliphatic carbocycles. The fraction of sp³-hybridized carbons (Fsp3) is 0.323. The third kappa shape index (κ3) is 8.07. The maximum absolute atomic E-state index is 15.6. The van der Waals surface area contributed by atoms with Crippen molar-refractivity contribution in [3.63, 3.8) is 0 Å². The van der Waals surface area contributed by atoms with Gasteiger partial charge in [-0.05, 0) is 51.0 Å². The van der Waals surface area contributed by atoms with Gasteiger partial charge in [-0.3, -0.25) is 14.7 Å². The van der Waals surface area contributed by atoms with Crippen molar-refractivity contribution in [3.05, 3.63) is 104 Å². The Balaban J connectivity index is 1.75. The number of ether oxygens (including phenoxy) is 1. The number of amides is 1. The zero-order valence-electron chi connectivity index (χ0n) is 26.2. The normalized spacial score (nSPS) is 12.2. The van der Waals surface area contributed by atoms with Gasteiger partial charge in [0.15, 0.2) is 0 Å². The lowest BCUT2D eigenvalue weighted by molar-refractivity contribution is -0.384. The molecular weight excluding hydrogens is 662 g/mol. The highest BCUT2D eigenvalue weighted by molar-refractivity contribution is 7.90. The molecular formula is C31H31F4N5O7S. The first-order chi connectivity index (χ1) is 22.3. The monoisotopic (exact) mass is 693 g/mol. The van der Waals surface area contributed by atoms with Gasteiger partial charge in [0.2, 0.25) is 0 Å². The predicted molar refractivity (Wildman–Crippen MR) is 166 cm³/mol. The van der Waals surface area contributed by atoms with E-state index in [1.165, 1.54) is 36.4 Å². The van der Waals surface area contributed by atoms with E-state index in [9.17, 15) is 41.3 Å². The van der Waals surface area contributed by atoms with Crippen LogP contribution in [0.3, 0.4) is 0 Å². The molecule has 0 atom stereocenters. The summed E-state index contributed by atoms with van der Waals surface area (Å²) in [4.78, 5) is 35.8. The molecule has 0 radical (unpaired) electrons. The quantitative estimate of drug-likeness (QED) is 0.114. The van der Waals surface area contributed by atoms with Gasteiger partial charge in [0, 0.05) is 29.7 Å². The third-order valence-electron chi connectivity index (χ3n) is 6.90. The van der Waals surface area contributed by atoms with Crippen LogP contribution in [0.1, 0.15) is 57.5 Å². The number of aryl methyl sites for hydroxylation is 1. The number of nitro groups is 1. The number of non-ortho nitro benzene ring substituents is 1. The second-order valence-corrected chi connectivity index (χ2v) is 13.3. The van der Waals surface area contributed by atoms with Crippen LogP contribution in [0.15, 0.2) is 70.4 Å². The molecule has 0 fully saturated rings. The summed E-state index contributed by atoms with van der Waals surface area (Å²) in [6.07, 6.45) is -4.96. The molecule has 0 bridgehead atoms. The van der Waals surface area contributed by atoms with Gasteiger partial charge >= 0.3 is 18.0 Å². The number of unbranched alkanes of at least 4 members (excludes halogenated alkanes) is 1. The van der Waals surface area contributed by atoms with Crippen LogP contribution < -0.4 is 10.4 Å². The fourth-order valence-electron chi connectivity index (χ4n) is 4.74. The van der Waals surface area contributed by atoms with Gasteiger partial charge in [-0.1, -0.05) is 43.7 Å². The van der Waals surface area contributed by atoms with Crippen LogP contribution in [-0.4, -0.2) is 39.4 Å². The molecule has 1 heterocycles. The van der Waals surface area contributed by atoms with Crippen LogP contribution in [-0.2, 0) is 33.9 Å². The van der Waals surface area contributed by atoms with Gasteiger partial charge in [0.05, 0.1) is 27.6 Å². The topological polar surface area (TPSA) is 155 Å². The third-order valence-corrected chi connectivity index (χ3v) is 8.27. The molecule has 0 saturated carbocycles. The minimum absolute atomic E-state index is 0.0228. The molecule has 0 unspecified atom stereocenters. The minimum atomic E-state index is -4.98. The molecule has 17 heteroatoms. The summed E-state index contributed by atoms with van der Waals surface area (Å²) >= 11 is 0. The lowest BCUT2D eigenvalue weighted by atomic mass is 10.0. The fourth-order valence-corrected chi connectivity index (χ4v) is 5.84. The summed E-state index contributed by atoms with van der Waals surface area (Å²) in [5.41, 5.74) is -4.88. The van der Waals surface area contributed by atoms with Crippen LogP contribution in [0.2, 0.25) is 0 Å². The number of rotatable bonds is 10. The van der Waals surface area contributed by atoms with E-state index >= 15 is 4.39 Å². The van der Waals surface area contributed by atoms with Crippen molar-refractivity contribution in [1.29, 1.82) is 0 Å². The highest BCUT2D eigenvalue weighted by atomic mass is 32.2. The van der Waals surface area contributed by atoms with Crippen molar-refractivity contribution >= 4 is 21.8 Å². The van der Waals surface area contributed by atoms with Crippen molar-refractivity contribution in [2.45, 2.75) is 70.2 Å². The number of benzene rings is 3. The standard InChI is InChI=1S/C31H31F4N5O7S/c1-5-6-11-27-36-39(25-17-21(40(43)44)14-15-23(25)31(33,34)35)29(42)38(27)18-20-13-12-19(16-24(20)32)22-9-7-8-10-26(22)48(45,46)37-28(41)47-30(2,3)4/h7-10,12-17H,5-6,11,18H2,1-4H3,(H,37,41). The number of nitrogens with zero attached hydrogens (tertiary/aromatic N) is 4. The van der Waals surface area contributed by atoms with E-state index < -0.39 is 67.8 Å². The maximum atomic E-state index is 15.6. The Hall–Kier alpha value is -5.06. The molecule has 0 saturated heterocycles. The van der Waals surface area contributed by atoms with E-state index in [0.717, 1.165) is 10.6 Å². The molecule has 0 aliphatic heterocycles. The molecule has 4 rings (SSSR count). The Bertz CT molecular complexity index is 2030. The average molecular weight is 694 g/mol. The molecule has 1 N–H and O–H groups in total. The number of carbonyl (C=O) groups is 1. The van der Waals surface area contributed by atoms with Crippen LogP contribution >= 0.6 is 0 Å². The van der Waals surface area contributed by atoms with Crippen molar-refractivity contribution in [2.75, 3.05) is 0 Å². The Morgan fingerprint density at radius 2 is 1.75 bits per heavy atom. The Morgan fingerprint density at radius 1 is 1.06 bits per heavy atom. The zero-order chi connectivity index (χ0) is 35.6. The van der Waals surface area contributed by atoms with Gasteiger partial charge in [-0.15, -0.1) is 5.10 Å². The smallest absolute Gasteiger partial charge is 0.421 e. The van der Waals surface area contributed by atoms with Gasteiger partial charge < -0.3 is 4.74 Å². The SMILES string of the molecule is CCCCc1nn(-c2cc([N+](=O)[O-])ccc2C(F)(F)F)c(=O)n1Cc1ccc(-c2ccccc2S(=O)(=O)NC(=O)OC(C)(C)C)cc1F. The number of halogens is 4. The summed E-state index contributed by atoms with van der Waals surface area (Å²) < 4.78 is 91.7. The molecule has 4 aromatic rings. The number of carbonyl (C=O) groups excluding carboxylic acids is 1. The van der Waals surface area contributed by atoms with Crippen molar-refractivity contribution in [1.82, 2.24) is 19.1 Å². The number of nitro benzene ring substituents is 1. The number of aromatic nitrogens is 3. The molecule has 0 aliphatic rings. The Labute approximate surface area is 272 Å². The first kappa shape index (κ1) is 35.8. The van der Waals surface area contributed by atoms with Gasteiger partial charge in [-0.2, -0.15) is 17.9 Å². The van der Waals surface area contributed by atoms with Gasteiger partial charge in [-0.25, -0.2) is 27.1 Å². The summed E-state index contributed by atoms with van der Waals surface area (Å²) in [6, 6.07) is 10.9. The molecule has 48 heavy (non-hydrogen) atoms. The molecule has 256 valence electrons. The first-order valence-corrected chi connectivity index (χ1v) is 16.0. The van der Waals surface area contributed by atoms with E-state index in [-0.39, 0.29) is 33.8 Å². The average Bonchev–Trinajstić information content (AvgIpc) is 3.29. The maximum Gasteiger partial charge on any atom is 0.421 e. The van der Waals surface area contributed by atoms with E-state index in [1.54, 1.807) is 20.8 Å². The summed E-state index contributed by atoms with van der Waals surface area (Å²) in [7, 11) is -4.47. The van der Waals surface area contributed by atoms with Crippen LogP contribution in [0.4, 0.5) is 28.0 Å². The van der Waals surface area contributed by atoms with Gasteiger partial charge in [0.1, 0.15) is 17.2 Å². The summed E-state index contributed by atoms with van der Waals surface area (Å²) in [6.45, 7) is 6.02. The molecule has 1 aromatic heterocycles. The lowest BCUT2D eigenvalue weighted by Crippen LogP contribution is -2.36. The van der Waals surface area contributed by atoms with Crippen molar-refractivity contribution in [3.8, 4) is 16.8 Å². The van der Waals surface area contributed by atoms with E-state index in [2.05, 4.69) is 5.10 Å². The Morgan fingerprint density at radius 3 is 2.35 bits per heavy atom. The van der Waals surface area contributed by atoms with Gasteiger partial charge in [0.25, 0.3) is 15.7 Å². The van der Waals surface area contributed by atoms with E-state index in [4.69, 9.17) is 4.74 Å². The number of nitrogens with one attached hydrogen (secondary N) is 1. The van der Waals surface area contributed by atoms with Crippen LogP contribution in [0.25, 0.3) is 16.8 Å². The first-order valence-electron chi connectivity index (χ1n) is 14.5. The number of sulfonamides is 1. The summed E-state index contributed by atoms with van der Waals surface area (Å²) in [5.74, 6) is -0.859. The second-order valence-electron chi connectivity index (χ2n) is 11.7. The summed E-state index contributed by atoms with van der Waals surface area (Å²) in [5, 5.41) is 15.4. The molecule has 1 amide bonds. The number of hydrogen-bond donors (Lipinski definition) is 1. The highest BCUT2D eigenvalue weighted by Crippen LogP contribution is 2.35. The predicted octanol–water partition coefficient (Wildman–Crippen LogP) is 6.37. The van der Waals surface area contributed by atoms with Crippen LogP contribution in [0, 0.1) is 15.9 Å². The molecule has 0 spiro atoms. The largest absolute Gasteiger partial charge is 0.443 e.